The van der Waals surface area contributed by atoms with Crippen molar-refractivity contribution in [3.63, 3.8) is 0 Å². The molecule has 0 aromatic heterocycles. The van der Waals surface area contributed by atoms with Gasteiger partial charge in [0.25, 0.3) is 0 Å². The SMILES string of the molecule is Cc1cc(F)ccc1CC(O)C1CCS(=O)(=O)C1. The lowest BCUT2D eigenvalue weighted by Crippen LogP contribution is -2.24. The normalized spacial score (nSPS) is 24.1. The summed E-state index contributed by atoms with van der Waals surface area (Å²) in [6.07, 6.45) is 0.224. The van der Waals surface area contributed by atoms with Crippen molar-refractivity contribution >= 4 is 9.84 Å². The Morgan fingerprint density at radius 3 is 2.78 bits per heavy atom. The van der Waals surface area contributed by atoms with Crippen molar-refractivity contribution in [2.24, 2.45) is 5.92 Å². The maximum atomic E-state index is 12.9. The molecule has 1 aliphatic heterocycles. The van der Waals surface area contributed by atoms with Crippen LogP contribution >= 0.6 is 0 Å². The van der Waals surface area contributed by atoms with Crippen LogP contribution in [0.2, 0.25) is 0 Å². The molecule has 18 heavy (non-hydrogen) atoms. The van der Waals surface area contributed by atoms with Crippen molar-refractivity contribution in [1.82, 2.24) is 0 Å². The molecule has 100 valence electrons. The Morgan fingerprint density at radius 2 is 2.22 bits per heavy atom. The average Bonchev–Trinajstić information content (AvgIpc) is 2.63. The number of benzene rings is 1. The summed E-state index contributed by atoms with van der Waals surface area (Å²) in [4.78, 5) is 0. The van der Waals surface area contributed by atoms with Crippen LogP contribution < -0.4 is 0 Å². The van der Waals surface area contributed by atoms with E-state index in [4.69, 9.17) is 0 Å². The minimum atomic E-state index is -2.97. The molecular formula is C13H17FO3S. The van der Waals surface area contributed by atoms with Crippen molar-refractivity contribution in [1.29, 1.82) is 0 Å². The molecule has 1 heterocycles. The van der Waals surface area contributed by atoms with Crippen LogP contribution in [0.25, 0.3) is 0 Å². The highest BCUT2D eigenvalue weighted by Gasteiger charge is 2.32. The highest BCUT2D eigenvalue weighted by atomic mass is 32.2. The maximum absolute atomic E-state index is 12.9. The van der Waals surface area contributed by atoms with Gasteiger partial charge in [-0.3, -0.25) is 0 Å². The smallest absolute Gasteiger partial charge is 0.150 e. The first-order chi connectivity index (χ1) is 8.37. The molecule has 1 aromatic rings. The van der Waals surface area contributed by atoms with Crippen LogP contribution in [0.15, 0.2) is 18.2 Å². The van der Waals surface area contributed by atoms with Gasteiger partial charge in [0.05, 0.1) is 17.6 Å². The predicted molar refractivity (Wildman–Crippen MR) is 67.6 cm³/mol. The molecule has 2 atom stereocenters. The molecule has 0 amide bonds. The van der Waals surface area contributed by atoms with Gasteiger partial charge in [0, 0.05) is 5.92 Å². The molecule has 1 fully saturated rings. The molecule has 2 unspecified atom stereocenters. The summed E-state index contributed by atoms with van der Waals surface area (Å²) in [6.45, 7) is 1.79. The molecule has 1 N–H and O–H groups in total. The molecule has 0 aliphatic carbocycles. The van der Waals surface area contributed by atoms with E-state index in [-0.39, 0.29) is 23.2 Å². The molecule has 0 saturated carbocycles. The maximum Gasteiger partial charge on any atom is 0.150 e. The molecule has 0 radical (unpaired) electrons. The van der Waals surface area contributed by atoms with Gasteiger partial charge in [0.15, 0.2) is 9.84 Å². The van der Waals surface area contributed by atoms with Crippen molar-refractivity contribution in [2.75, 3.05) is 11.5 Å². The van der Waals surface area contributed by atoms with E-state index >= 15 is 0 Å². The van der Waals surface area contributed by atoms with Gasteiger partial charge in [-0.2, -0.15) is 0 Å². The lowest BCUT2D eigenvalue weighted by molar-refractivity contribution is 0.120. The minimum absolute atomic E-state index is 0.0639. The van der Waals surface area contributed by atoms with Gasteiger partial charge in [-0.25, -0.2) is 12.8 Å². The number of rotatable bonds is 3. The summed E-state index contributed by atoms with van der Waals surface area (Å²) < 4.78 is 35.6. The van der Waals surface area contributed by atoms with Crippen LogP contribution in [0.4, 0.5) is 4.39 Å². The van der Waals surface area contributed by atoms with E-state index < -0.39 is 15.9 Å². The molecule has 1 aromatic carbocycles. The Labute approximate surface area is 107 Å². The highest BCUT2D eigenvalue weighted by molar-refractivity contribution is 7.91. The standard InChI is InChI=1S/C13H17FO3S/c1-9-6-12(14)3-2-10(9)7-13(15)11-4-5-18(16,17)8-11/h2-3,6,11,13,15H,4-5,7-8H2,1H3. The summed E-state index contributed by atoms with van der Waals surface area (Å²) in [7, 11) is -2.97. The van der Waals surface area contributed by atoms with Gasteiger partial charge in [0.2, 0.25) is 0 Å². The lowest BCUT2D eigenvalue weighted by Gasteiger charge is -2.17. The first-order valence-electron chi connectivity index (χ1n) is 6.01. The fourth-order valence-electron chi connectivity index (χ4n) is 2.41. The average molecular weight is 272 g/mol. The second-order valence-corrected chi connectivity index (χ2v) is 7.23. The van der Waals surface area contributed by atoms with Gasteiger partial charge in [-0.15, -0.1) is 0 Å². The first kappa shape index (κ1) is 13.5. The summed E-state index contributed by atoms with van der Waals surface area (Å²) in [6, 6.07) is 4.44. The number of aliphatic hydroxyl groups excluding tert-OH is 1. The van der Waals surface area contributed by atoms with Crippen molar-refractivity contribution < 1.29 is 17.9 Å². The zero-order valence-electron chi connectivity index (χ0n) is 10.3. The monoisotopic (exact) mass is 272 g/mol. The quantitative estimate of drug-likeness (QED) is 0.906. The fourth-order valence-corrected chi connectivity index (χ4v) is 4.28. The molecule has 1 saturated heterocycles. The van der Waals surface area contributed by atoms with E-state index in [1.165, 1.54) is 12.1 Å². The van der Waals surface area contributed by atoms with Gasteiger partial charge in [0.1, 0.15) is 5.82 Å². The number of hydrogen-bond donors (Lipinski definition) is 1. The van der Waals surface area contributed by atoms with Crippen LogP contribution in [-0.4, -0.2) is 31.1 Å². The Kier molecular flexibility index (Phi) is 3.73. The van der Waals surface area contributed by atoms with Crippen LogP contribution in [0.3, 0.4) is 0 Å². The van der Waals surface area contributed by atoms with E-state index in [2.05, 4.69) is 0 Å². The van der Waals surface area contributed by atoms with Crippen molar-refractivity contribution in [2.45, 2.75) is 25.9 Å². The molecule has 0 bridgehead atoms. The number of aryl methyl sites for hydroxylation is 1. The van der Waals surface area contributed by atoms with Gasteiger partial charge >= 0.3 is 0 Å². The third-order valence-corrected chi connectivity index (χ3v) is 5.34. The van der Waals surface area contributed by atoms with E-state index in [1.807, 2.05) is 0 Å². The summed E-state index contributed by atoms with van der Waals surface area (Å²) >= 11 is 0. The van der Waals surface area contributed by atoms with E-state index in [9.17, 15) is 17.9 Å². The summed E-state index contributed by atoms with van der Waals surface area (Å²) in [5, 5.41) is 10.1. The van der Waals surface area contributed by atoms with Crippen LogP contribution in [-0.2, 0) is 16.3 Å². The minimum Gasteiger partial charge on any atom is -0.392 e. The summed E-state index contributed by atoms with van der Waals surface area (Å²) in [5.74, 6) is -0.264. The number of sulfone groups is 1. The Morgan fingerprint density at radius 1 is 1.50 bits per heavy atom. The van der Waals surface area contributed by atoms with Crippen LogP contribution in [0.1, 0.15) is 17.5 Å². The molecule has 0 spiro atoms. The number of halogens is 1. The number of hydrogen-bond acceptors (Lipinski definition) is 3. The van der Waals surface area contributed by atoms with Crippen molar-refractivity contribution in [3.8, 4) is 0 Å². The fraction of sp³-hybridized carbons (Fsp3) is 0.538. The molecule has 2 rings (SSSR count). The molecule has 1 aliphatic rings. The second-order valence-electron chi connectivity index (χ2n) is 5.01. The Balaban J connectivity index is 2.05. The second kappa shape index (κ2) is 4.97. The van der Waals surface area contributed by atoms with E-state index in [1.54, 1.807) is 13.0 Å². The van der Waals surface area contributed by atoms with Gasteiger partial charge in [-0.05, 0) is 43.0 Å². The zero-order valence-corrected chi connectivity index (χ0v) is 11.1. The summed E-state index contributed by atoms with van der Waals surface area (Å²) in [5.41, 5.74) is 1.66. The van der Waals surface area contributed by atoms with Crippen molar-refractivity contribution in [3.05, 3.63) is 35.1 Å². The Bertz CT molecular complexity index is 539. The molecule has 5 heteroatoms. The third kappa shape index (κ3) is 3.09. The number of aliphatic hydroxyl groups is 1. The first-order valence-corrected chi connectivity index (χ1v) is 7.83. The van der Waals surface area contributed by atoms with Crippen LogP contribution in [0.5, 0.6) is 0 Å². The van der Waals surface area contributed by atoms with E-state index in [0.29, 0.717) is 12.8 Å². The Hall–Kier alpha value is -0.940. The van der Waals surface area contributed by atoms with Gasteiger partial charge < -0.3 is 5.11 Å². The zero-order chi connectivity index (χ0) is 13.3. The predicted octanol–water partition coefficient (Wildman–Crippen LogP) is 1.47. The highest BCUT2D eigenvalue weighted by Crippen LogP contribution is 2.24. The third-order valence-electron chi connectivity index (χ3n) is 3.55. The van der Waals surface area contributed by atoms with E-state index in [0.717, 1.165) is 11.1 Å². The van der Waals surface area contributed by atoms with Crippen LogP contribution in [0, 0.1) is 18.7 Å². The van der Waals surface area contributed by atoms with Gasteiger partial charge in [-0.1, -0.05) is 6.07 Å². The lowest BCUT2D eigenvalue weighted by atomic mass is 9.94. The topological polar surface area (TPSA) is 54.4 Å². The largest absolute Gasteiger partial charge is 0.392 e. The molecular weight excluding hydrogens is 255 g/mol. The molecule has 3 nitrogen and oxygen atoms in total.